The summed E-state index contributed by atoms with van der Waals surface area (Å²) in [7, 11) is -0.712. The third kappa shape index (κ3) is 2.95. The van der Waals surface area contributed by atoms with Gasteiger partial charge in [-0.25, -0.2) is 17.1 Å². The van der Waals surface area contributed by atoms with Gasteiger partial charge in [0.15, 0.2) is 0 Å². The molecular formula is C15H15ClFNO2S. The van der Waals surface area contributed by atoms with Gasteiger partial charge >= 0.3 is 0 Å². The lowest BCUT2D eigenvalue weighted by molar-refractivity contribution is 0.521. The minimum atomic E-state index is -3.59. The summed E-state index contributed by atoms with van der Waals surface area (Å²) in [6.07, 6.45) is 0. The maximum absolute atomic E-state index is 14.2. The molecule has 0 spiro atoms. The van der Waals surface area contributed by atoms with E-state index in [1.165, 1.54) is 32.3 Å². The largest absolute Gasteiger partial charge is 0.242 e. The SMILES string of the molecule is Cc1cccc(-c2cc(S(=O)(=O)N(C)C)ccc2Cl)c1F. The summed E-state index contributed by atoms with van der Waals surface area (Å²) in [5.41, 5.74) is 1.13. The van der Waals surface area contributed by atoms with Crippen LogP contribution in [0.15, 0.2) is 41.3 Å². The predicted octanol–water partition coefficient (Wildman–Crippen LogP) is 3.70. The Balaban J connectivity index is 2.69. The maximum Gasteiger partial charge on any atom is 0.242 e. The van der Waals surface area contributed by atoms with Crippen LogP contribution in [0.3, 0.4) is 0 Å². The van der Waals surface area contributed by atoms with Gasteiger partial charge in [-0.3, -0.25) is 0 Å². The van der Waals surface area contributed by atoms with Crippen LogP contribution >= 0.6 is 11.6 Å². The van der Waals surface area contributed by atoms with E-state index in [2.05, 4.69) is 0 Å². The highest BCUT2D eigenvalue weighted by molar-refractivity contribution is 7.89. The number of nitrogens with zero attached hydrogens (tertiary/aromatic N) is 1. The Morgan fingerprint density at radius 2 is 1.76 bits per heavy atom. The second kappa shape index (κ2) is 5.75. The standard InChI is InChI=1S/C15H15ClFNO2S/c1-10-5-4-6-12(15(10)17)13-9-11(7-8-14(13)16)21(19,20)18(2)3/h4-9H,1-3H3. The molecule has 0 saturated heterocycles. The van der Waals surface area contributed by atoms with Crippen molar-refractivity contribution in [2.75, 3.05) is 14.1 Å². The number of hydrogen-bond acceptors (Lipinski definition) is 2. The Kier molecular flexibility index (Phi) is 4.37. The average molecular weight is 328 g/mol. The molecule has 2 rings (SSSR count). The molecule has 2 aromatic carbocycles. The fraction of sp³-hybridized carbons (Fsp3) is 0.200. The Morgan fingerprint density at radius 3 is 2.38 bits per heavy atom. The van der Waals surface area contributed by atoms with Crippen LogP contribution < -0.4 is 0 Å². The number of benzene rings is 2. The summed E-state index contributed by atoms with van der Waals surface area (Å²) >= 11 is 6.11. The number of hydrogen-bond donors (Lipinski definition) is 0. The first-order valence-corrected chi connectivity index (χ1v) is 8.04. The summed E-state index contributed by atoms with van der Waals surface area (Å²) in [6, 6.07) is 9.21. The molecule has 2 aromatic rings. The van der Waals surface area contributed by atoms with Gasteiger partial charge in [0.1, 0.15) is 5.82 Å². The van der Waals surface area contributed by atoms with Crippen LogP contribution in [0, 0.1) is 12.7 Å². The molecule has 0 aliphatic rings. The van der Waals surface area contributed by atoms with Gasteiger partial charge in [0, 0.05) is 30.2 Å². The molecule has 0 atom stereocenters. The van der Waals surface area contributed by atoms with Crippen LogP contribution in [0.2, 0.25) is 5.02 Å². The van der Waals surface area contributed by atoms with Crippen molar-refractivity contribution >= 4 is 21.6 Å². The molecule has 0 aliphatic carbocycles. The second-order valence-electron chi connectivity index (χ2n) is 4.87. The summed E-state index contributed by atoms with van der Waals surface area (Å²) in [4.78, 5) is 0.0767. The normalized spacial score (nSPS) is 11.9. The minimum Gasteiger partial charge on any atom is -0.207 e. The third-order valence-corrected chi connectivity index (χ3v) is 5.34. The predicted molar refractivity (Wildman–Crippen MR) is 82.5 cm³/mol. The lowest BCUT2D eigenvalue weighted by Gasteiger charge is -2.14. The van der Waals surface area contributed by atoms with Gasteiger partial charge in [0.2, 0.25) is 10.0 Å². The van der Waals surface area contributed by atoms with Crippen LogP contribution in [-0.4, -0.2) is 26.8 Å². The van der Waals surface area contributed by atoms with E-state index < -0.39 is 15.8 Å². The van der Waals surface area contributed by atoms with Crippen molar-refractivity contribution in [3.05, 3.63) is 52.8 Å². The molecule has 112 valence electrons. The van der Waals surface area contributed by atoms with Gasteiger partial charge in [-0.15, -0.1) is 0 Å². The molecule has 0 unspecified atom stereocenters. The van der Waals surface area contributed by atoms with Crippen molar-refractivity contribution in [2.45, 2.75) is 11.8 Å². The zero-order chi connectivity index (χ0) is 15.8. The smallest absolute Gasteiger partial charge is 0.207 e. The van der Waals surface area contributed by atoms with Crippen LogP contribution in [0.25, 0.3) is 11.1 Å². The highest BCUT2D eigenvalue weighted by Crippen LogP contribution is 2.33. The molecule has 0 radical (unpaired) electrons. The zero-order valence-corrected chi connectivity index (χ0v) is 13.5. The van der Waals surface area contributed by atoms with Crippen molar-refractivity contribution in [2.24, 2.45) is 0 Å². The monoisotopic (exact) mass is 327 g/mol. The molecule has 21 heavy (non-hydrogen) atoms. The van der Waals surface area contributed by atoms with Crippen LogP contribution in [0.5, 0.6) is 0 Å². The topological polar surface area (TPSA) is 37.4 Å². The van der Waals surface area contributed by atoms with Gasteiger partial charge < -0.3 is 0 Å². The van der Waals surface area contributed by atoms with Crippen molar-refractivity contribution in [3.63, 3.8) is 0 Å². The molecule has 0 aromatic heterocycles. The minimum absolute atomic E-state index is 0.0767. The first-order chi connectivity index (χ1) is 9.75. The van der Waals surface area contributed by atoms with E-state index in [0.29, 0.717) is 16.1 Å². The quantitative estimate of drug-likeness (QED) is 0.862. The average Bonchev–Trinajstić information content (AvgIpc) is 2.42. The molecule has 0 bridgehead atoms. The molecule has 0 amide bonds. The Labute approximate surface area is 129 Å². The van der Waals surface area contributed by atoms with Crippen LogP contribution in [0.4, 0.5) is 4.39 Å². The van der Waals surface area contributed by atoms with Crippen molar-refractivity contribution in [3.8, 4) is 11.1 Å². The van der Waals surface area contributed by atoms with Crippen molar-refractivity contribution in [1.82, 2.24) is 4.31 Å². The van der Waals surface area contributed by atoms with Crippen molar-refractivity contribution < 1.29 is 12.8 Å². The van der Waals surface area contributed by atoms with Gasteiger partial charge in [-0.05, 0) is 30.7 Å². The lowest BCUT2D eigenvalue weighted by Crippen LogP contribution is -2.22. The number of rotatable bonds is 3. The van der Waals surface area contributed by atoms with E-state index in [4.69, 9.17) is 11.6 Å². The molecule has 6 heteroatoms. The first-order valence-electron chi connectivity index (χ1n) is 6.22. The van der Waals surface area contributed by atoms with E-state index in [1.54, 1.807) is 25.1 Å². The number of sulfonamides is 1. The maximum atomic E-state index is 14.2. The highest BCUT2D eigenvalue weighted by atomic mass is 35.5. The van der Waals surface area contributed by atoms with E-state index in [1.807, 2.05) is 0 Å². The van der Waals surface area contributed by atoms with Crippen molar-refractivity contribution in [1.29, 1.82) is 0 Å². The molecule has 0 saturated carbocycles. The van der Waals surface area contributed by atoms with Gasteiger partial charge in [0.05, 0.1) is 4.90 Å². The molecule has 0 fully saturated rings. The Hall–Kier alpha value is -1.43. The summed E-state index contributed by atoms with van der Waals surface area (Å²) < 4.78 is 39.7. The van der Waals surface area contributed by atoms with E-state index in [0.717, 1.165) is 4.31 Å². The summed E-state index contributed by atoms with van der Waals surface area (Å²) in [5, 5.41) is 0.303. The number of halogens is 2. The van der Waals surface area contributed by atoms with Gasteiger partial charge in [0.25, 0.3) is 0 Å². The van der Waals surface area contributed by atoms with E-state index in [-0.39, 0.29) is 10.5 Å². The van der Waals surface area contributed by atoms with E-state index >= 15 is 0 Å². The second-order valence-corrected chi connectivity index (χ2v) is 7.42. The Morgan fingerprint density at radius 1 is 1.10 bits per heavy atom. The lowest BCUT2D eigenvalue weighted by atomic mass is 10.0. The highest BCUT2D eigenvalue weighted by Gasteiger charge is 2.20. The van der Waals surface area contributed by atoms with Crippen LogP contribution in [-0.2, 0) is 10.0 Å². The molecule has 0 heterocycles. The van der Waals surface area contributed by atoms with Crippen LogP contribution in [0.1, 0.15) is 5.56 Å². The summed E-state index contributed by atoms with van der Waals surface area (Å²) in [5.74, 6) is -0.404. The molecule has 3 nitrogen and oxygen atoms in total. The van der Waals surface area contributed by atoms with E-state index in [9.17, 15) is 12.8 Å². The zero-order valence-electron chi connectivity index (χ0n) is 11.9. The van der Waals surface area contributed by atoms with Gasteiger partial charge in [-0.1, -0.05) is 29.8 Å². The molecule has 0 N–H and O–H groups in total. The number of aryl methyl sites for hydroxylation is 1. The van der Waals surface area contributed by atoms with Gasteiger partial charge in [-0.2, -0.15) is 0 Å². The molecular weight excluding hydrogens is 313 g/mol. The summed E-state index contributed by atoms with van der Waals surface area (Å²) in [6.45, 7) is 1.65. The molecule has 0 aliphatic heterocycles. The first kappa shape index (κ1) is 15.9. The Bertz CT molecular complexity index is 788. The fourth-order valence-corrected chi connectivity index (χ4v) is 3.09. The third-order valence-electron chi connectivity index (χ3n) is 3.20. The fourth-order valence-electron chi connectivity index (χ4n) is 1.94.